The van der Waals surface area contributed by atoms with E-state index in [2.05, 4.69) is 4.98 Å². The third-order valence-electron chi connectivity index (χ3n) is 4.16. The highest BCUT2D eigenvalue weighted by molar-refractivity contribution is 5.97. The van der Waals surface area contributed by atoms with Crippen molar-refractivity contribution in [2.75, 3.05) is 6.61 Å². The van der Waals surface area contributed by atoms with E-state index in [0.717, 1.165) is 16.9 Å². The van der Waals surface area contributed by atoms with E-state index in [9.17, 15) is 9.59 Å². The Bertz CT molecular complexity index is 977. The number of ether oxygens (including phenoxy) is 2. The van der Waals surface area contributed by atoms with Crippen LogP contribution in [0, 0.1) is 0 Å². The van der Waals surface area contributed by atoms with E-state index in [1.165, 1.54) is 13.0 Å². The summed E-state index contributed by atoms with van der Waals surface area (Å²) in [7, 11) is 0. The molecule has 2 aromatic carbocycles. The molecule has 6 heteroatoms. The van der Waals surface area contributed by atoms with Crippen molar-refractivity contribution in [2.45, 2.75) is 33.7 Å². The van der Waals surface area contributed by atoms with Gasteiger partial charge in [-0.1, -0.05) is 37.3 Å². The molecule has 1 heterocycles. The average molecular weight is 366 g/mol. The molecule has 0 atom stereocenters. The minimum atomic E-state index is -0.465. The van der Waals surface area contributed by atoms with Crippen LogP contribution in [0.3, 0.4) is 0 Å². The number of fused-ring (bicyclic) bond motifs is 1. The van der Waals surface area contributed by atoms with Crippen LogP contribution in [0.5, 0.6) is 5.75 Å². The number of carbonyl (C=O) groups is 2. The normalized spacial score (nSPS) is 10.8. The van der Waals surface area contributed by atoms with Crippen LogP contribution < -0.4 is 4.74 Å². The largest absolute Gasteiger partial charge is 0.462 e. The second-order valence-electron chi connectivity index (χ2n) is 6.11. The van der Waals surface area contributed by atoms with E-state index in [0.29, 0.717) is 24.0 Å². The summed E-state index contributed by atoms with van der Waals surface area (Å²) in [6.45, 7) is 5.96. The van der Waals surface area contributed by atoms with Crippen molar-refractivity contribution in [3.05, 3.63) is 59.4 Å². The molecule has 0 aliphatic heterocycles. The molecule has 0 saturated heterocycles. The topological polar surface area (TPSA) is 70.4 Å². The Kier molecular flexibility index (Phi) is 5.54. The fourth-order valence-corrected chi connectivity index (χ4v) is 3.02. The summed E-state index contributed by atoms with van der Waals surface area (Å²) in [6, 6.07) is 13.3. The number of carbonyl (C=O) groups excluding carboxylic acids is 2. The molecule has 1 aromatic heterocycles. The zero-order valence-corrected chi connectivity index (χ0v) is 15.7. The quantitative estimate of drug-likeness (QED) is 0.491. The fraction of sp³-hybridized carbons (Fsp3) is 0.286. The van der Waals surface area contributed by atoms with Gasteiger partial charge in [-0.2, -0.15) is 0 Å². The lowest BCUT2D eigenvalue weighted by molar-refractivity contribution is -0.131. The van der Waals surface area contributed by atoms with Crippen LogP contribution in [0.1, 0.15) is 42.5 Å². The molecule has 0 fully saturated rings. The van der Waals surface area contributed by atoms with E-state index in [4.69, 9.17) is 9.47 Å². The molecule has 3 rings (SSSR count). The number of aromatic nitrogens is 2. The van der Waals surface area contributed by atoms with Crippen molar-refractivity contribution in [2.24, 2.45) is 0 Å². The van der Waals surface area contributed by atoms with Gasteiger partial charge in [0.25, 0.3) is 0 Å². The molecule has 140 valence electrons. The molecule has 27 heavy (non-hydrogen) atoms. The molecule has 0 saturated carbocycles. The van der Waals surface area contributed by atoms with Crippen LogP contribution in [0.15, 0.2) is 42.5 Å². The summed E-state index contributed by atoms with van der Waals surface area (Å²) in [5.74, 6) is 0.194. The number of rotatable bonds is 6. The van der Waals surface area contributed by atoms with Gasteiger partial charge in [0.05, 0.1) is 17.7 Å². The molecular weight excluding hydrogens is 344 g/mol. The highest BCUT2D eigenvalue weighted by Gasteiger charge is 2.19. The molecule has 6 nitrogen and oxygen atoms in total. The van der Waals surface area contributed by atoms with Gasteiger partial charge in [-0.15, -0.1) is 0 Å². The van der Waals surface area contributed by atoms with E-state index >= 15 is 0 Å². The SMILES string of the molecule is CCOC(=O)c1cc(OC(C)=O)c2nc(CC)n(Cc3ccccc3)c2c1. The number of imidazole rings is 1. The summed E-state index contributed by atoms with van der Waals surface area (Å²) >= 11 is 0. The number of benzene rings is 2. The zero-order valence-electron chi connectivity index (χ0n) is 15.7. The average Bonchev–Trinajstić information content (AvgIpc) is 3.00. The Morgan fingerprint density at radius 1 is 1.11 bits per heavy atom. The van der Waals surface area contributed by atoms with Crippen molar-refractivity contribution < 1.29 is 19.1 Å². The van der Waals surface area contributed by atoms with Gasteiger partial charge in [0.1, 0.15) is 11.3 Å². The second kappa shape index (κ2) is 8.03. The smallest absolute Gasteiger partial charge is 0.338 e. The van der Waals surface area contributed by atoms with Gasteiger partial charge in [-0.3, -0.25) is 4.79 Å². The van der Waals surface area contributed by atoms with Gasteiger partial charge >= 0.3 is 11.9 Å². The van der Waals surface area contributed by atoms with E-state index in [1.807, 2.05) is 41.8 Å². The standard InChI is InChI=1S/C21H22N2O4/c1-4-19-22-20-17(23(19)13-15-9-7-6-8-10-15)11-16(21(25)26-5-2)12-18(20)27-14(3)24/h6-12H,4-5,13H2,1-3H3. The Labute approximate surface area is 157 Å². The molecule has 0 aliphatic carbocycles. The van der Waals surface area contributed by atoms with Crippen LogP contribution in [0.25, 0.3) is 11.0 Å². The van der Waals surface area contributed by atoms with E-state index in [-0.39, 0.29) is 12.4 Å². The maximum absolute atomic E-state index is 12.3. The van der Waals surface area contributed by atoms with Crippen LogP contribution in [-0.4, -0.2) is 28.1 Å². The van der Waals surface area contributed by atoms with Gasteiger partial charge in [0, 0.05) is 19.9 Å². The molecule has 0 N–H and O–H groups in total. The third kappa shape index (κ3) is 4.00. The summed E-state index contributed by atoms with van der Waals surface area (Å²) in [5, 5.41) is 0. The number of hydrogen-bond acceptors (Lipinski definition) is 5. The van der Waals surface area contributed by atoms with Crippen LogP contribution in [0.4, 0.5) is 0 Å². The molecule has 0 spiro atoms. The van der Waals surface area contributed by atoms with Crippen LogP contribution in [0.2, 0.25) is 0 Å². The Hall–Kier alpha value is -3.15. The molecule has 3 aromatic rings. The lowest BCUT2D eigenvalue weighted by Gasteiger charge is -2.10. The Morgan fingerprint density at radius 3 is 2.48 bits per heavy atom. The predicted molar refractivity (Wildman–Crippen MR) is 102 cm³/mol. The summed E-state index contributed by atoms with van der Waals surface area (Å²) in [4.78, 5) is 28.5. The summed E-state index contributed by atoms with van der Waals surface area (Å²) < 4.78 is 12.5. The zero-order chi connectivity index (χ0) is 19.4. The first-order valence-electron chi connectivity index (χ1n) is 8.96. The second-order valence-corrected chi connectivity index (χ2v) is 6.11. The molecule has 0 amide bonds. The highest BCUT2D eigenvalue weighted by Crippen LogP contribution is 2.30. The van der Waals surface area contributed by atoms with Crippen molar-refractivity contribution in [3.8, 4) is 5.75 Å². The van der Waals surface area contributed by atoms with Crippen molar-refractivity contribution >= 4 is 23.0 Å². The first-order valence-corrected chi connectivity index (χ1v) is 8.96. The van der Waals surface area contributed by atoms with Crippen molar-refractivity contribution in [1.82, 2.24) is 9.55 Å². The molecule has 0 unspecified atom stereocenters. The number of nitrogens with zero attached hydrogens (tertiary/aromatic N) is 2. The Morgan fingerprint density at radius 2 is 1.85 bits per heavy atom. The van der Waals surface area contributed by atoms with Crippen molar-refractivity contribution in [1.29, 1.82) is 0 Å². The number of hydrogen-bond donors (Lipinski definition) is 0. The number of esters is 2. The van der Waals surface area contributed by atoms with Gasteiger partial charge in [-0.25, -0.2) is 9.78 Å². The Balaban J connectivity index is 2.19. The summed E-state index contributed by atoms with van der Waals surface area (Å²) in [6.07, 6.45) is 0.704. The molecular formula is C21H22N2O4. The summed E-state index contributed by atoms with van der Waals surface area (Å²) in [5.41, 5.74) is 2.74. The first kappa shape index (κ1) is 18.6. The van der Waals surface area contributed by atoms with Crippen LogP contribution in [-0.2, 0) is 22.5 Å². The fourth-order valence-electron chi connectivity index (χ4n) is 3.02. The molecule has 0 radical (unpaired) electrons. The number of aryl methyl sites for hydroxylation is 1. The monoisotopic (exact) mass is 366 g/mol. The molecule has 0 aliphatic rings. The minimum absolute atomic E-state index is 0.267. The van der Waals surface area contributed by atoms with Crippen molar-refractivity contribution in [3.63, 3.8) is 0 Å². The maximum atomic E-state index is 12.3. The maximum Gasteiger partial charge on any atom is 0.338 e. The third-order valence-corrected chi connectivity index (χ3v) is 4.16. The van der Waals surface area contributed by atoms with Gasteiger partial charge < -0.3 is 14.0 Å². The lowest BCUT2D eigenvalue weighted by atomic mass is 10.1. The highest BCUT2D eigenvalue weighted by atomic mass is 16.5. The van der Waals surface area contributed by atoms with Gasteiger partial charge in [-0.05, 0) is 24.6 Å². The molecule has 0 bridgehead atoms. The van der Waals surface area contributed by atoms with Gasteiger partial charge in [0.15, 0.2) is 5.75 Å². The first-order chi connectivity index (χ1) is 13.0. The van der Waals surface area contributed by atoms with E-state index in [1.54, 1.807) is 13.0 Å². The van der Waals surface area contributed by atoms with Gasteiger partial charge in [0.2, 0.25) is 0 Å². The predicted octanol–water partition coefficient (Wildman–Crippen LogP) is 3.75. The van der Waals surface area contributed by atoms with E-state index < -0.39 is 11.9 Å². The lowest BCUT2D eigenvalue weighted by Crippen LogP contribution is -2.08. The van der Waals surface area contributed by atoms with Crippen LogP contribution >= 0.6 is 0 Å². The minimum Gasteiger partial charge on any atom is -0.462 e.